The Morgan fingerprint density at radius 2 is 1.92 bits per heavy atom. The summed E-state index contributed by atoms with van der Waals surface area (Å²) >= 11 is 1.61. The van der Waals surface area contributed by atoms with Crippen molar-refractivity contribution in [3.63, 3.8) is 0 Å². The molecule has 0 aliphatic heterocycles. The molecule has 0 fully saturated rings. The van der Waals surface area contributed by atoms with Crippen molar-refractivity contribution in [2.75, 3.05) is 5.32 Å². The molecule has 130 valence electrons. The van der Waals surface area contributed by atoms with E-state index in [0.717, 1.165) is 32.4 Å². The SMILES string of the molecule is Cc1ccc(NC(N)=NCc2ccc(-c3nc4ccccc4s3)o2)cc1. The summed E-state index contributed by atoms with van der Waals surface area (Å²) in [6.07, 6.45) is 0. The monoisotopic (exact) mass is 362 g/mol. The highest BCUT2D eigenvalue weighted by molar-refractivity contribution is 7.21. The minimum absolute atomic E-state index is 0.354. The molecular formula is C20H18N4OS. The number of aromatic nitrogens is 1. The average Bonchev–Trinajstić information content (AvgIpc) is 3.28. The third-order valence-electron chi connectivity index (χ3n) is 3.90. The maximum Gasteiger partial charge on any atom is 0.193 e. The molecule has 26 heavy (non-hydrogen) atoms. The zero-order valence-corrected chi connectivity index (χ0v) is 15.1. The van der Waals surface area contributed by atoms with Crippen molar-refractivity contribution in [2.24, 2.45) is 10.7 Å². The number of hydrogen-bond donors (Lipinski definition) is 2. The molecule has 0 saturated carbocycles. The molecule has 6 heteroatoms. The van der Waals surface area contributed by atoms with Crippen LogP contribution < -0.4 is 11.1 Å². The number of para-hydroxylation sites is 1. The molecule has 4 aromatic rings. The summed E-state index contributed by atoms with van der Waals surface area (Å²) in [5, 5.41) is 3.94. The number of furan rings is 1. The molecule has 0 bridgehead atoms. The fourth-order valence-corrected chi connectivity index (χ4v) is 3.47. The van der Waals surface area contributed by atoms with Crippen molar-refractivity contribution in [1.29, 1.82) is 0 Å². The Bertz CT molecular complexity index is 1030. The summed E-state index contributed by atoms with van der Waals surface area (Å²) in [4.78, 5) is 8.94. The van der Waals surface area contributed by atoms with Crippen LogP contribution in [0, 0.1) is 6.92 Å². The summed E-state index contributed by atoms with van der Waals surface area (Å²) in [6.45, 7) is 2.41. The number of guanidine groups is 1. The van der Waals surface area contributed by atoms with Crippen LogP contribution in [-0.4, -0.2) is 10.9 Å². The van der Waals surface area contributed by atoms with Crippen LogP contribution in [0.15, 0.2) is 70.1 Å². The Hall–Kier alpha value is -3.12. The Balaban J connectivity index is 1.45. The third-order valence-corrected chi connectivity index (χ3v) is 4.95. The van der Waals surface area contributed by atoms with Crippen LogP contribution in [-0.2, 0) is 6.54 Å². The van der Waals surface area contributed by atoms with E-state index in [1.165, 1.54) is 5.56 Å². The number of nitrogens with zero attached hydrogens (tertiary/aromatic N) is 2. The second kappa shape index (κ2) is 7.01. The molecule has 0 unspecified atom stereocenters. The smallest absolute Gasteiger partial charge is 0.193 e. The van der Waals surface area contributed by atoms with Gasteiger partial charge in [-0.1, -0.05) is 29.8 Å². The molecule has 0 atom stereocenters. The van der Waals surface area contributed by atoms with Gasteiger partial charge in [-0.15, -0.1) is 11.3 Å². The van der Waals surface area contributed by atoms with E-state index < -0.39 is 0 Å². The molecule has 0 radical (unpaired) electrons. The van der Waals surface area contributed by atoms with Gasteiger partial charge in [0.15, 0.2) is 16.7 Å². The van der Waals surface area contributed by atoms with E-state index in [1.54, 1.807) is 11.3 Å². The number of aryl methyl sites for hydroxylation is 1. The number of thiazole rings is 1. The molecule has 0 aliphatic rings. The number of anilines is 1. The molecule has 0 amide bonds. The number of benzene rings is 2. The molecule has 4 rings (SSSR count). The lowest BCUT2D eigenvalue weighted by Gasteiger charge is -2.05. The number of nitrogens with one attached hydrogen (secondary N) is 1. The van der Waals surface area contributed by atoms with Crippen LogP contribution in [0.25, 0.3) is 21.0 Å². The topological polar surface area (TPSA) is 76.4 Å². The van der Waals surface area contributed by atoms with Crippen molar-refractivity contribution in [1.82, 2.24) is 4.98 Å². The van der Waals surface area contributed by atoms with Gasteiger partial charge >= 0.3 is 0 Å². The summed E-state index contributed by atoms with van der Waals surface area (Å²) in [5.74, 6) is 1.85. The molecule has 2 heterocycles. The van der Waals surface area contributed by atoms with Crippen molar-refractivity contribution < 1.29 is 4.42 Å². The van der Waals surface area contributed by atoms with Gasteiger partial charge in [0.05, 0.1) is 10.2 Å². The van der Waals surface area contributed by atoms with Gasteiger partial charge in [0.1, 0.15) is 12.3 Å². The standard InChI is InChI=1S/C20H18N4OS/c1-13-6-8-14(9-7-13)23-20(21)22-12-15-10-11-17(25-15)19-24-16-4-2-3-5-18(16)26-19/h2-11H,12H2,1H3,(H3,21,22,23). The largest absolute Gasteiger partial charge is 0.457 e. The lowest BCUT2D eigenvalue weighted by atomic mass is 10.2. The van der Waals surface area contributed by atoms with Gasteiger partial charge in [-0.05, 0) is 43.3 Å². The van der Waals surface area contributed by atoms with Crippen LogP contribution in [0.2, 0.25) is 0 Å². The van der Waals surface area contributed by atoms with Gasteiger partial charge in [0.25, 0.3) is 0 Å². The van der Waals surface area contributed by atoms with Crippen LogP contribution >= 0.6 is 11.3 Å². The Morgan fingerprint density at radius 1 is 1.12 bits per heavy atom. The molecular weight excluding hydrogens is 344 g/mol. The number of hydrogen-bond acceptors (Lipinski definition) is 4. The highest BCUT2D eigenvalue weighted by Crippen LogP contribution is 2.31. The van der Waals surface area contributed by atoms with E-state index >= 15 is 0 Å². The van der Waals surface area contributed by atoms with E-state index in [4.69, 9.17) is 10.2 Å². The van der Waals surface area contributed by atoms with E-state index in [1.807, 2.05) is 61.5 Å². The summed E-state index contributed by atoms with van der Waals surface area (Å²) < 4.78 is 7.02. The average molecular weight is 362 g/mol. The zero-order chi connectivity index (χ0) is 17.9. The van der Waals surface area contributed by atoms with E-state index in [0.29, 0.717) is 12.5 Å². The number of fused-ring (bicyclic) bond motifs is 1. The summed E-state index contributed by atoms with van der Waals surface area (Å²) in [7, 11) is 0. The van der Waals surface area contributed by atoms with Crippen molar-refractivity contribution in [3.05, 3.63) is 72.0 Å². The van der Waals surface area contributed by atoms with Crippen LogP contribution in [0.5, 0.6) is 0 Å². The van der Waals surface area contributed by atoms with Gasteiger partial charge in [-0.2, -0.15) is 0 Å². The highest BCUT2D eigenvalue weighted by atomic mass is 32.1. The first-order valence-electron chi connectivity index (χ1n) is 8.26. The third kappa shape index (κ3) is 3.60. The lowest BCUT2D eigenvalue weighted by Crippen LogP contribution is -2.22. The zero-order valence-electron chi connectivity index (χ0n) is 14.3. The van der Waals surface area contributed by atoms with Gasteiger partial charge in [0, 0.05) is 5.69 Å². The Morgan fingerprint density at radius 3 is 2.73 bits per heavy atom. The van der Waals surface area contributed by atoms with Gasteiger partial charge in [-0.25, -0.2) is 9.98 Å². The van der Waals surface area contributed by atoms with E-state index in [9.17, 15) is 0 Å². The van der Waals surface area contributed by atoms with Gasteiger partial charge < -0.3 is 15.5 Å². The quantitative estimate of drug-likeness (QED) is 0.404. The molecule has 0 saturated heterocycles. The molecule has 0 spiro atoms. The van der Waals surface area contributed by atoms with Crippen molar-refractivity contribution in [2.45, 2.75) is 13.5 Å². The van der Waals surface area contributed by atoms with E-state index in [-0.39, 0.29) is 0 Å². The second-order valence-electron chi connectivity index (χ2n) is 5.95. The number of aliphatic imine (C=N–C) groups is 1. The van der Waals surface area contributed by atoms with Crippen molar-refractivity contribution >= 4 is 33.2 Å². The van der Waals surface area contributed by atoms with Crippen LogP contribution in [0.3, 0.4) is 0 Å². The minimum Gasteiger partial charge on any atom is -0.457 e. The van der Waals surface area contributed by atoms with Crippen LogP contribution in [0.1, 0.15) is 11.3 Å². The first-order valence-corrected chi connectivity index (χ1v) is 9.07. The Labute approximate surface area is 155 Å². The number of rotatable bonds is 4. The molecule has 2 aromatic heterocycles. The number of nitrogens with two attached hydrogens (primary N) is 1. The summed E-state index contributed by atoms with van der Waals surface area (Å²) in [5.41, 5.74) is 9.04. The highest BCUT2D eigenvalue weighted by Gasteiger charge is 2.10. The van der Waals surface area contributed by atoms with Crippen LogP contribution in [0.4, 0.5) is 5.69 Å². The minimum atomic E-state index is 0.354. The molecule has 0 aliphatic carbocycles. The van der Waals surface area contributed by atoms with Gasteiger partial charge in [-0.3, -0.25) is 0 Å². The lowest BCUT2D eigenvalue weighted by molar-refractivity contribution is 0.525. The molecule has 5 nitrogen and oxygen atoms in total. The van der Waals surface area contributed by atoms with E-state index in [2.05, 4.69) is 21.4 Å². The Kier molecular flexibility index (Phi) is 4.41. The first kappa shape index (κ1) is 16.4. The summed E-state index contributed by atoms with van der Waals surface area (Å²) in [6, 6.07) is 19.9. The predicted octanol–water partition coefficient (Wildman–Crippen LogP) is 4.79. The maximum absolute atomic E-state index is 5.95. The maximum atomic E-state index is 5.95. The second-order valence-corrected chi connectivity index (χ2v) is 6.98. The normalized spacial score (nSPS) is 11.8. The van der Waals surface area contributed by atoms with Gasteiger partial charge in [0.2, 0.25) is 0 Å². The first-order chi connectivity index (χ1) is 12.7. The fourth-order valence-electron chi connectivity index (χ4n) is 2.54. The van der Waals surface area contributed by atoms with Crippen molar-refractivity contribution in [3.8, 4) is 10.8 Å². The molecule has 2 aromatic carbocycles. The fraction of sp³-hybridized carbons (Fsp3) is 0.100. The predicted molar refractivity (Wildman–Crippen MR) is 107 cm³/mol. The molecule has 3 N–H and O–H groups in total.